The molecule has 0 spiro atoms. The van der Waals surface area contributed by atoms with E-state index in [0.717, 1.165) is 0 Å². The highest BCUT2D eigenvalue weighted by Gasteiger charge is 2.27. The van der Waals surface area contributed by atoms with E-state index >= 15 is 0 Å². The standard InChI is InChI=1S/C60H38/c1-7-21-39(22-8-1)49-37-51(41-25-11-3-12-26-41)57-45-33-20-36-48-56(45)55-46(34-19-35-47(55)59(57)53(49)43-29-15-5-16-30-43)58-52(42-27-13-4-14-28-42)38-50(40-23-9-2-10-24-40)54(60(48)58)44-31-17-6-18-32-44/h1-38H. The Bertz CT molecular complexity index is 3280. The SMILES string of the molecule is c1ccc(-c2cc(-c3ccccc3)c3c4cccc5c6c(-c7ccccc7)c(-c7ccccc7)cc(-c7ccccc7)c6c6cccc(c3c2-c2ccccc2)c6c45)cc1. The van der Waals surface area contributed by atoms with E-state index < -0.39 is 0 Å². The molecule has 0 N–H and O–H groups in total. The van der Waals surface area contributed by atoms with Crippen LogP contribution in [0.3, 0.4) is 0 Å². The maximum absolute atomic E-state index is 2.47. The Kier molecular flexibility index (Phi) is 7.96. The fourth-order valence-corrected chi connectivity index (χ4v) is 10.1. The van der Waals surface area contributed by atoms with Crippen molar-refractivity contribution in [2.24, 2.45) is 0 Å². The molecule has 12 aromatic carbocycles. The second-order valence-electron chi connectivity index (χ2n) is 15.8. The zero-order valence-corrected chi connectivity index (χ0v) is 32.9. The minimum atomic E-state index is 1.21. The molecule has 12 aromatic rings. The molecule has 0 aliphatic carbocycles. The monoisotopic (exact) mass is 758 g/mol. The van der Waals surface area contributed by atoms with Gasteiger partial charge in [-0.2, -0.15) is 0 Å². The van der Waals surface area contributed by atoms with Crippen LogP contribution in [0.4, 0.5) is 0 Å². The molecule has 60 heavy (non-hydrogen) atoms. The van der Waals surface area contributed by atoms with Crippen molar-refractivity contribution in [2.45, 2.75) is 0 Å². The normalized spacial score (nSPS) is 11.7. The largest absolute Gasteiger partial charge is 0.0622 e. The van der Waals surface area contributed by atoms with Crippen LogP contribution in [0.15, 0.2) is 231 Å². The molecular weight excluding hydrogens is 721 g/mol. The van der Waals surface area contributed by atoms with Crippen LogP contribution in [0.25, 0.3) is 121 Å². The molecule has 12 rings (SSSR count). The fraction of sp³-hybridized carbons (Fsp3) is 0. The van der Waals surface area contributed by atoms with E-state index in [0.29, 0.717) is 0 Å². The van der Waals surface area contributed by atoms with Crippen molar-refractivity contribution >= 4 is 53.9 Å². The van der Waals surface area contributed by atoms with Crippen LogP contribution >= 0.6 is 0 Å². The lowest BCUT2D eigenvalue weighted by atomic mass is 9.77. The summed E-state index contributed by atoms with van der Waals surface area (Å²) in [6, 6.07) is 85.1. The van der Waals surface area contributed by atoms with E-state index in [9.17, 15) is 0 Å². The van der Waals surface area contributed by atoms with Gasteiger partial charge in [0.05, 0.1) is 0 Å². The predicted octanol–water partition coefficient (Wildman–Crippen LogP) is 16.9. The molecule has 0 aliphatic rings. The van der Waals surface area contributed by atoms with Gasteiger partial charge >= 0.3 is 0 Å². The van der Waals surface area contributed by atoms with Crippen LogP contribution in [0.2, 0.25) is 0 Å². The summed E-state index contributed by atoms with van der Waals surface area (Å²) in [6.45, 7) is 0. The number of hydrogen-bond donors (Lipinski definition) is 0. The first-order valence-corrected chi connectivity index (χ1v) is 20.9. The summed E-state index contributed by atoms with van der Waals surface area (Å²) in [4.78, 5) is 0. The third-order valence-corrected chi connectivity index (χ3v) is 12.6. The molecule has 0 bridgehead atoms. The highest BCUT2D eigenvalue weighted by Crippen LogP contribution is 2.55. The van der Waals surface area contributed by atoms with Crippen molar-refractivity contribution in [1.29, 1.82) is 0 Å². The molecule has 0 fully saturated rings. The zero-order chi connectivity index (χ0) is 39.6. The summed E-state index contributed by atoms with van der Waals surface area (Å²) in [6.07, 6.45) is 0. The molecule has 0 saturated heterocycles. The topological polar surface area (TPSA) is 0 Å². The van der Waals surface area contributed by atoms with Gasteiger partial charge in [-0.3, -0.25) is 0 Å². The molecular formula is C60H38. The number of rotatable bonds is 6. The minimum Gasteiger partial charge on any atom is -0.0622 e. The average molecular weight is 759 g/mol. The first kappa shape index (κ1) is 34.3. The number of hydrogen-bond acceptors (Lipinski definition) is 0. The van der Waals surface area contributed by atoms with Crippen molar-refractivity contribution < 1.29 is 0 Å². The summed E-state index contributed by atoms with van der Waals surface area (Å²) >= 11 is 0. The lowest BCUT2D eigenvalue weighted by Crippen LogP contribution is -1.98. The van der Waals surface area contributed by atoms with Crippen molar-refractivity contribution in [3.8, 4) is 66.8 Å². The highest BCUT2D eigenvalue weighted by atomic mass is 14.3. The third kappa shape index (κ3) is 5.25. The maximum Gasteiger partial charge on any atom is -0.000763 e. The lowest BCUT2D eigenvalue weighted by molar-refractivity contribution is 1.60. The van der Waals surface area contributed by atoms with Gasteiger partial charge in [-0.15, -0.1) is 0 Å². The number of benzene rings is 12. The maximum atomic E-state index is 2.47. The Morgan fingerprint density at radius 1 is 0.167 bits per heavy atom. The van der Waals surface area contributed by atoms with Crippen LogP contribution in [0.5, 0.6) is 0 Å². The Morgan fingerprint density at radius 2 is 0.417 bits per heavy atom. The molecule has 0 atom stereocenters. The van der Waals surface area contributed by atoms with Gasteiger partial charge in [-0.05, 0) is 133 Å². The Labute approximate surface area is 349 Å². The minimum absolute atomic E-state index is 1.21. The van der Waals surface area contributed by atoms with E-state index in [-0.39, 0.29) is 0 Å². The third-order valence-electron chi connectivity index (χ3n) is 12.6. The molecule has 0 unspecified atom stereocenters. The molecule has 0 aromatic heterocycles. The van der Waals surface area contributed by atoms with E-state index in [4.69, 9.17) is 0 Å². The zero-order valence-electron chi connectivity index (χ0n) is 32.9. The van der Waals surface area contributed by atoms with Gasteiger partial charge in [-0.25, -0.2) is 0 Å². The van der Waals surface area contributed by atoms with E-state index in [1.54, 1.807) is 0 Å². The lowest BCUT2D eigenvalue weighted by Gasteiger charge is -2.26. The number of fused-ring (bicyclic) bond motifs is 6. The van der Waals surface area contributed by atoms with Crippen LogP contribution in [-0.4, -0.2) is 0 Å². The van der Waals surface area contributed by atoms with Crippen molar-refractivity contribution in [2.75, 3.05) is 0 Å². The first-order valence-electron chi connectivity index (χ1n) is 20.9. The average Bonchev–Trinajstić information content (AvgIpc) is 3.34. The Morgan fingerprint density at radius 3 is 0.717 bits per heavy atom. The van der Waals surface area contributed by atoms with E-state index in [2.05, 4.69) is 231 Å². The fourth-order valence-electron chi connectivity index (χ4n) is 10.1. The van der Waals surface area contributed by atoms with Crippen LogP contribution in [-0.2, 0) is 0 Å². The quantitative estimate of drug-likeness (QED) is 0.117. The van der Waals surface area contributed by atoms with Crippen molar-refractivity contribution in [3.05, 3.63) is 231 Å². The molecule has 0 amide bonds. The van der Waals surface area contributed by atoms with Gasteiger partial charge in [0.15, 0.2) is 0 Å². The second-order valence-corrected chi connectivity index (χ2v) is 15.8. The second kappa shape index (κ2) is 13.9. The molecule has 278 valence electrons. The van der Waals surface area contributed by atoms with Gasteiger partial charge in [0, 0.05) is 0 Å². The van der Waals surface area contributed by atoms with E-state index in [1.807, 2.05) is 0 Å². The Hall–Kier alpha value is -7.80. The van der Waals surface area contributed by atoms with Crippen molar-refractivity contribution in [3.63, 3.8) is 0 Å². The highest BCUT2D eigenvalue weighted by molar-refractivity contribution is 6.45. The Balaban J connectivity index is 1.39. The van der Waals surface area contributed by atoms with Crippen LogP contribution < -0.4 is 0 Å². The van der Waals surface area contributed by atoms with Crippen LogP contribution in [0, 0.1) is 0 Å². The molecule has 0 saturated carbocycles. The molecule has 0 aliphatic heterocycles. The van der Waals surface area contributed by atoms with E-state index in [1.165, 1.54) is 121 Å². The molecule has 0 heterocycles. The van der Waals surface area contributed by atoms with Gasteiger partial charge < -0.3 is 0 Å². The summed E-state index contributed by atoms with van der Waals surface area (Å²) < 4.78 is 0. The van der Waals surface area contributed by atoms with Gasteiger partial charge in [-0.1, -0.05) is 218 Å². The van der Waals surface area contributed by atoms with Gasteiger partial charge in [0.25, 0.3) is 0 Å². The summed E-state index contributed by atoms with van der Waals surface area (Å²) in [5.41, 5.74) is 14.7. The molecule has 0 radical (unpaired) electrons. The summed E-state index contributed by atoms with van der Waals surface area (Å²) in [5, 5.41) is 12.9. The van der Waals surface area contributed by atoms with Gasteiger partial charge in [0.1, 0.15) is 0 Å². The van der Waals surface area contributed by atoms with Crippen LogP contribution in [0.1, 0.15) is 0 Å². The molecule has 0 heteroatoms. The predicted molar refractivity (Wildman–Crippen MR) is 258 cm³/mol. The van der Waals surface area contributed by atoms with Gasteiger partial charge in [0.2, 0.25) is 0 Å². The summed E-state index contributed by atoms with van der Waals surface area (Å²) in [5.74, 6) is 0. The smallest absolute Gasteiger partial charge is 0.000763 e. The summed E-state index contributed by atoms with van der Waals surface area (Å²) in [7, 11) is 0. The molecule has 0 nitrogen and oxygen atoms in total. The van der Waals surface area contributed by atoms with Crippen molar-refractivity contribution in [1.82, 2.24) is 0 Å². The first-order chi connectivity index (χ1) is 29.8.